The summed E-state index contributed by atoms with van der Waals surface area (Å²) in [7, 11) is 0. The number of ether oxygens (including phenoxy) is 1. The normalized spacial score (nSPS) is 12.7. The molecule has 0 aliphatic carbocycles. The van der Waals surface area contributed by atoms with Crippen LogP contribution in [-0.2, 0) is 28.7 Å². The van der Waals surface area contributed by atoms with Gasteiger partial charge in [0, 0.05) is 24.7 Å². The Bertz CT molecular complexity index is 1030. The maximum atomic E-state index is 12.3. The van der Waals surface area contributed by atoms with E-state index in [1.807, 2.05) is 0 Å². The number of rotatable bonds is 18. The highest BCUT2D eigenvalue weighted by molar-refractivity contribution is 7.78. The number of thiocarbonyl (C=S) groups is 1. The van der Waals surface area contributed by atoms with E-state index in [0.29, 0.717) is 11.4 Å². The molecule has 0 spiro atoms. The van der Waals surface area contributed by atoms with Crippen LogP contribution in [0.4, 0.5) is 11.4 Å². The number of carbonyl (C=O) groups excluding carboxylic acids is 1. The third kappa shape index (κ3) is 10.7. The Morgan fingerprint density at radius 1 is 0.974 bits per heavy atom. The third-order valence-electron chi connectivity index (χ3n) is 5.71. The summed E-state index contributed by atoms with van der Waals surface area (Å²) < 4.78 is 4.73. The molecule has 0 aliphatic heterocycles. The molecule has 208 valence electrons. The zero-order valence-corrected chi connectivity index (χ0v) is 21.7. The molecule has 0 bridgehead atoms. The zero-order chi connectivity index (χ0) is 28.9. The molecular weight excluding hydrogens is 524 g/mol. The molecule has 0 heterocycles. The fourth-order valence-corrected chi connectivity index (χ4v) is 3.90. The van der Waals surface area contributed by atoms with E-state index in [9.17, 15) is 34.2 Å². The highest BCUT2D eigenvalue weighted by Gasteiger charge is 2.42. The molecule has 0 amide bonds. The van der Waals surface area contributed by atoms with Gasteiger partial charge in [-0.05, 0) is 38.2 Å². The van der Waals surface area contributed by atoms with Gasteiger partial charge in [0.05, 0.1) is 30.5 Å². The zero-order valence-electron chi connectivity index (χ0n) is 20.9. The van der Waals surface area contributed by atoms with E-state index in [4.69, 9.17) is 14.9 Å². The van der Waals surface area contributed by atoms with Crippen molar-refractivity contribution in [3.05, 3.63) is 24.3 Å². The minimum absolute atomic E-state index is 0.0831. The first-order valence-corrected chi connectivity index (χ1v) is 11.7. The molecule has 1 aromatic rings. The number of esters is 1. The summed E-state index contributed by atoms with van der Waals surface area (Å²) >= 11 is 4.57. The lowest BCUT2D eigenvalue weighted by molar-refractivity contribution is -0.147. The monoisotopic (exact) mass is 555 g/mol. The first kappa shape index (κ1) is 32.3. The molecule has 1 rings (SSSR count). The maximum absolute atomic E-state index is 12.3. The summed E-state index contributed by atoms with van der Waals surface area (Å²) in [4.78, 5) is 62.8. The largest absolute Gasteiger partial charge is 0.480 e. The summed E-state index contributed by atoms with van der Waals surface area (Å²) in [5, 5.41) is 42.0. The van der Waals surface area contributed by atoms with Crippen molar-refractivity contribution < 1.29 is 49.1 Å². The van der Waals surface area contributed by atoms with Gasteiger partial charge < -0.3 is 30.5 Å². The number of aliphatic imine (C=N–C) groups is 1. The van der Waals surface area contributed by atoms with Crippen LogP contribution in [0, 0.1) is 0 Å². The van der Waals surface area contributed by atoms with Crippen molar-refractivity contribution in [2.24, 2.45) is 4.99 Å². The molecule has 14 nitrogen and oxygen atoms in total. The molecular formula is C23H31N4O10S+. The van der Waals surface area contributed by atoms with E-state index in [0.717, 1.165) is 0 Å². The van der Waals surface area contributed by atoms with Gasteiger partial charge in [0.1, 0.15) is 18.3 Å². The Labute approximate surface area is 223 Å². The van der Waals surface area contributed by atoms with Crippen molar-refractivity contribution in [1.82, 2.24) is 14.7 Å². The summed E-state index contributed by atoms with van der Waals surface area (Å²) in [6.45, 7) is 0.450. The van der Waals surface area contributed by atoms with E-state index < -0.39 is 72.6 Å². The summed E-state index contributed by atoms with van der Waals surface area (Å²) in [6.07, 6.45) is 0. The molecule has 0 aliphatic rings. The van der Waals surface area contributed by atoms with Crippen molar-refractivity contribution in [3.8, 4) is 0 Å². The van der Waals surface area contributed by atoms with Crippen molar-refractivity contribution in [1.29, 1.82) is 0 Å². The lowest BCUT2D eigenvalue weighted by Gasteiger charge is -2.40. The first-order chi connectivity index (χ1) is 17.8. The summed E-state index contributed by atoms with van der Waals surface area (Å²) in [5.74, 6) is -5.63. The van der Waals surface area contributed by atoms with Crippen LogP contribution in [-0.4, -0.2) is 118 Å². The van der Waals surface area contributed by atoms with E-state index in [-0.39, 0.29) is 19.7 Å². The molecule has 5 N–H and O–H groups in total. The predicted molar refractivity (Wildman–Crippen MR) is 138 cm³/mol. The van der Waals surface area contributed by atoms with Gasteiger partial charge >= 0.3 is 29.8 Å². The van der Waals surface area contributed by atoms with E-state index in [1.165, 1.54) is 29.2 Å². The Kier molecular flexibility index (Phi) is 13.2. The van der Waals surface area contributed by atoms with E-state index in [1.54, 1.807) is 13.8 Å². The van der Waals surface area contributed by atoms with Gasteiger partial charge in [-0.1, -0.05) is 0 Å². The molecule has 1 aromatic carbocycles. The quantitative estimate of drug-likeness (QED) is 0.0716. The number of nitrogens with zero attached hydrogens (tertiary/aromatic N) is 3. The molecule has 0 saturated heterocycles. The number of nitrogens with one attached hydrogen (secondary N) is 1. The number of quaternary nitrogens is 1. The van der Waals surface area contributed by atoms with Gasteiger partial charge in [0.15, 0.2) is 13.1 Å². The van der Waals surface area contributed by atoms with Crippen LogP contribution in [0.5, 0.6) is 0 Å². The van der Waals surface area contributed by atoms with Gasteiger partial charge in [0.2, 0.25) is 0 Å². The second-order valence-corrected chi connectivity index (χ2v) is 8.74. The second kappa shape index (κ2) is 15.5. The number of carboxylic acid groups (broad SMARTS) is 4. The average Bonchev–Trinajstić information content (AvgIpc) is 2.81. The van der Waals surface area contributed by atoms with Gasteiger partial charge in [-0.2, -0.15) is 4.99 Å². The number of carboxylic acids is 4. The van der Waals surface area contributed by atoms with Gasteiger partial charge in [-0.25, -0.2) is 9.59 Å². The van der Waals surface area contributed by atoms with Crippen LogP contribution in [0.15, 0.2) is 29.3 Å². The maximum Gasteiger partial charge on any atom is 0.359 e. The molecule has 0 saturated carbocycles. The van der Waals surface area contributed by atoms with Crippen LogP contribution in [0.1, 0.15) is 13.8 Å². The number of hydrogen-bond donors (Lipinski definition) is 5. The highest BCUT2D eigenvalue weighted by atomic mass is 32.1. The molecule has 15 heteroatoms. The van der Waals surface area contributed by atoms with Crippen molar-refractivity contribution >= 4 is 58.6 Å². The minimum Gasteiger partial charge on any atom is -0.480 e. The van der Waals surface area contributed by atoms with E-state index in [2.05, 4.69) is 27.7 Å². The fourth-order valence-electron chi connectivity index (χ4n) is 3.80. The molecule has 0 fully saturated rings. The molecule has 2 unspecified atom stereocenters. The number of benzene rings is 1. The average molecular weight is 556 g/mol. The molecule has 0 aromatic heterocycles. The standard InChI is InChI=1S/C23H30N4O10S/c1-15(26(9-19(28)29)10-20(30)31)7-24-8-23(36)37-13-16(2)27(11-21(32)33,12-22(34)35)18-5-3-17(4-6-18)25-14-38/h3-6,15-16,24H,7-13H2,1-2H3,(H3-,28,29,30,31,32,33,34,35)/p+1. The molecule has 0 radical (unpaired) electrons. The Morgan fingerprint density at radius 3 is 1.95 bits per heavy atom. The van der Waals surface area contributed by atoms with Crippen LogP contribution in [0.3, 0.4) is 0 Å². The number of hydrogen-bond acceptors (Lipinski definition) is 10. The fraction of sp³-hybridized carbons (Fsp3) is 0.478. The van der Waals surface area contributed by atoms with Gasteiger partial charge in [0.25, 0.3) is 0 Å². The van der Waals surface area contributed by atoms with Crippen molar-refractivity contribution in [3.63, 3.8) is 0 Å². The van der Waals surface area contributed by atoms with Crippen LogP contribution < -0.4 is 9.80 Å². The minimum atomic E-state index is -1.26. The molecule has 38 heavy (non-hydrogen) atoms. The smallest absolute Gasteiger partial charge is 0.359 e. The second-order valence-electron chi connectivity index (χ2n) is 8.56. The third-order valence-corrected chi connectivity index (χ3v) is 5.80. The lowest BCUT2D eigenvalue weighted by atomic mass is 10.1. The number of carbonyl (C=O) groups is 5. The van der Waals surface area contributed by atoms with E-state index >= 15 is 0 Å². The van der Waals surface area contributed by atoms with Crippen LogP contribution >= 0.6 is 12.2 Å². The Balaban J connectivity index is 2.92. The van der Waals surface area contributed by atoms with Crippen LogP contribution in [0.25, 0.3) is 0 Å². The predicted octanol–water partition coefficient (Wildman–Crippen LogP) is 0.278. The van der Waals surface area contributed by atoms with Crippen molar-refractivity contribution in [2.75, 3.05) is 45.9 Å². The van der Waals surface area contributed by atoms with Crippen LogP contribution in [0.2, 0.25) is 0 Å². The number of isothiocyanates is 1. The van der Waals surface area contributed by atoms with Gasteiger partial charge in [-0.15, -0.1) is 0 Å². The lowest BCUT2D eigenvalue weighted by Crippen LogP contribution is -2.62. The van der Waals surface area contributed by atoms with Gasteiger partial charge in [-0.3, -0.25) is 23.8 Å². The topological polar surface area (TPSA) is 203 Å². The summed E-state index contributed by atoms with van der Waals surface area (Å²) in [5.41, 5.74) is 0.794. The van der Waals surface area contributed by atoms with Crippen molar-refractivity contribution in [2.45, 2.75) is 25.9 Å². The first-order valence-electron chi connectivity index (χ1n) is 11.3. The highest BCUT2D eigenvalue weighted by Crippen LogP contribution is 2.29. The summed E-state index contributed by atoms with van der Waals surface area (Å²) in [6, 6.07) is 4.80. The SMILES string of the molecule is CC(CNCC(=O)OCC(C)[N+](CC(=O)O)(CC(=O)O)c1ccc(N=C=S)cc1)N(CC(=O)O)CC(=O)O. The Hall–Kier alpha value is -3.75. The molecule has 2 atom stereocenters. The number of aliphatic carboxylic acids is 4. The Morgan fingerprint density at radius 2 is 1.50 bits per heavy atom.